The van der Waals surface area contributed by atoms with Crippen LogP contribution in [0.4, 0.5) is 0 Å². The molecule has 0 aliphatic carbocycles. The van der Waals surface area contributed by atoms with Crippen molar-refractivity contribution in [2.75, 3.05) is 0 Å². The summed E-state index contributed by atoms with van der Waals surface area (Å²) in [5, 5.41) is 5.58. The van der Waals surface area contributed by atoms with Crippen LogP contribution in [0, 0.1) is 6.92 Å². The van der Waals surface area contributed by atoms with E-state index in [1.807, 2.05) is 13.8 Å². The summed E-state index contributed by atoms with van der Waals surface area (Å²) in [4.78, 5) is 11.9. The lowest BCUT2D eigenvalue weighted by atomic mass is 10.1. The van der Waals surface area contributed by atoms with E-state index in [2.05, 4.69) is 5.16 Å². The van der Waals surface area contributed by atoms with Gasteiger partial charge in [-0.15, -0.1) is 0 Å². The minimum absolute atomic E-state index is 0.407. The maximum absolute atomic E-state index is 11.9. The predicted molar refractivity (Wildman–Crippen MR) is 69.2 cm³/mol. The van der Waals surface area contributed by atoms with Crippen LogP contribution < -0.4 is 5.63 Å². The first-order chi connectivity index (χ1) is 8.61. The van der Waals surface area contributed by atoms with Crippen LogP contribution in [-0.4, -0.2) is 5.16 Å². The standard InChI is InChI=1S/C13H10ClNO3/c1-3-9-11-12(18-15-9)7-5-8(14)6(2)4-10(7)17-13(11)16/h4-5H,3H2,1-2H3. The lowest BCUT2D eigenvalue weighted by Gasteiger charge is -2.01. The van der Waals surface area contributed by atoms with E-state index < -0.39 is 5.63 Å². The molecule has 3 rings (SSSR count). The molecule has 0 radical (unpaired) electrons. The number of hydrogen-bond donors (Lipinski definition) is 0. The molecule has 3 aromatic rings. The van der Waals surface area contributed by atoms with Gasteiger partial charge in [0.25, 0.3) is 0 Å². The fourth-order valence-electron chi connectivity index (χ4n) is 2.03. The Labute approximate surface area is 107 Å². The van der Waals surface area contributed by atoms with Crippen LogP contribution in [0.15, 0.2) is 25.9 Å². The highest BCUT2D eigenvalue weighted by Gasteiger charge is 2.17. The Morgan fingerprint density at radius 3 is 2.89 bits per heavy atom. The molecule has 0 aliphatic rings. The van der Waals surface area contributed by atoms with Crippen LogP contribution in [0.25, 0.3) is 21.9 Å². The zero-order valence-electron chi connectivity index (χ0n) is 9.91. The number of benzene rings is 1. The number of aryl methyl sites for hydroxylation is 2. The van der Waals surface area contributed by atoms with Gasteiger partial charge in [-0.3, -0.25) is 0 Å². The first kappa shape index (κ1) is 11.3. The molecule has 0 unspecified atom stereocenters. The minimum atomic E-state index is -0.419. The molecule has 0 aliphatic heterocycles. The van der Waals surface area contributed by atoms with Crippen molar-refractivity contribution < 1.29 is 8.94 Å². The number of hydrogen-bond acceptors (Lipinski definition) is 4. The van der Waals surface area contributed by atoms with Gasteiger partial charge < -0.3 is 8.94 Å². The first-order valence-corrected chi connectivity index (χ1v) is 6.00. The fraction of sp³-hybridized carbons (Fsp3) is 0.231. The Balaban J connectivity index is 2.57. The van der Waals surface area contributed by atoms with E-state index in [9.17, 15) is 4.79 Å². The lowest BCUT2D eigenvalue weighted by Crippen LogP contribution is -2.01. The molecule has 92 valence electrons. The van der Waals surface area contributed by atoms with Crippen molar-refractivity contribution in [2.45, 2.75) is 20.3 Å². The van der Waals surface area contributed by atoms with Crippen molar-refractivity contribution in [3.05, 3.63) is 38.8 Å². The second-order valence-corrected chi connectivity index (χ2v) is 4.58. The van der Waals surface area contributed by atoms with Gasteiger partial charge in [0, 0.05) is 5.02 Å². The topological polar surface area (TPSA) is 56.2 Å². The van der Waals surface area contributed by atoms with Gasteiger partial charge in [0.2, 0.25) is 0 Å². The van der Waals surface area contributed by atoms with Crippen molar-refractivity contribution in [1.29, 1.82) is 0 Å². The molecule has 0 N–H and O–H groups in total. The highest BCUT2D eigenvalue weighted by molar-refractivity contribution is 6.32. The summed E-state index contributed by atoms with van der Waals surface area (Å²) in [5.41, 5.74) is 1.95. The Hall–Kier alpha value is -1.81. The van der Waals surface area contributed by atoms with E-state index in [4.69, 9.17) is 20.5 Å². The van der Waals surface area contributed by atoms with Crippen LogP contribution in [0.3, 0.4) is 0 Å². The molecule has 4 nitrogen and oxygen atoms in total. The summed E-state index contributed by atoms with van der Waals surface area (Å²) in [6.07, 6.45) is 0.614. The molecule has 2 heterocycles. The zero-order valence-corrected chi connectivity index (χ0v) is 10.7. The summed E-state index contributed by atoms with van der Waals surface area (Å²) in [6, 6.07) is 3.47. The average Bonchev–Trinajstić information content (AvgIpc) is 2.76. The lowest BCUT2D eigenvalue weighted by molar-refractivity contribution is 0.448. The monoisotopic (exact) mass is 263 g/mol. The molecule has 0 spiro atoms. The first-order valence-electron chi connectivity index (χ1n) is 5.63. The van der Waals surface area contributed by atoms with Gasteiger partial charge >= 0.3 is 5.63 Å². The number of nitrogens with zero attached hydrogens (tertiary/aromatic N) is 1. The molecule has 0 bridgehead atoms. The number of fused-ring (bicyclic) bond motifs is 3. The van der Waals surface area contributed by atoms with Crippen LogP contribution in [-0.2, 0) is 6.42 Å². The number of rotatable bonds is 1. The van der Waals surface area contributed by atoms with Crippen LogP contribution in [0.5, 0.6) is 0 Å². The molecule has 0 saturated heterocycles. The highest BCUT2D eigenvalue weighted by atomic mass is 35.5. The average molecular weight is 264 g/mol. The molecular formula is C13H10ClNO3. The van der Waals surface area contributed by atoms with Crippen LogP contribution >= 0.6 is 11.6 Å². The Bertz CT molecular complexity index is 816. The van der Waals surface area contributed by atoms with Crippen molar-refractivity contribution in [2.24, 2.45) is 0 Å². The van der Waals surface area contributed by atoms with E-state index in [0.717, 1.165) is 5.56 Å². The molecule has 2 aromatic heterocycles. The van der Waals surface area contributed by atoms with Gasteiger partial charge in [-0.1, -0.05) is 23.7 Å². The number of halogens is 1. The van der Waals surface area contributed by atoms with E-state index in [-0.39, 0.29) is 0 Å². The Kier molecular flexibility index (Phi) is 2.41. The van der Waals surface area contributed by atoms with E-state index in [0.29, 0.717) is 39.1 Å². The molecule has 0 amide bonds. The third-order valence-corrected chi connectivity index (χ3v) is 3.42. The maximum atomic E-state index is 11.9. The smallest absolute Gasteiger partial charge is 0.349 e. The molecule has 18 heavy (non-hydrogen) atoms. The third-order valence-electron chi connectivity index (χ3n) is 3.01. The quantitative estimate of drug-likeness (QED) is 0.631. The summed E-state index contributed by atoms with van der Waals surface area (Å²) in [6.45, 7) is 3.76. The van der Waals surface area contributed by atoms with Gasteiger partial charge in [0.05, 0.1) is 11.1 Å². The summed E-state index contributed by atoms with van der Waals surface area (Å²) in [5.74, 6) is 0. The van der Waals surface area contributed by atoms with E-state index in [1.165, 1.54) is 0 Å². The van der Waals surface area contributed by atoms with Gasteiger partial charge in [-0.2, -0.15) is 0 Å². The third kappa shape index (κ3) is 1.46. The Morgan fingerprint density at radius 2 is 2.17 bits per heavy atom. The maximum Gasteiger partial charge on any atom is 0.349 e. The van der Waals surface area contributed by atoms with Gasteiger partial charge in [-0.05, 0) is 31.0 Å². The second kappa shape index (κ2) is 3.85. The van der Waals surface area contributed by atoms with Crippen molar-refractivity contribution >= 4 is 33.5 Å². The summed E-state index contributed by atoms with van der Waals surface area (Å²) in [7, 11) is 0. The van der Waals surface area contributed by atoms with Crippen LogP contribution in [0.1, 0.15) is 18.2 Å². The summed E-state index contributed by atoms with van der Waals surface area (Å²) >= 11 is 6.09. The van der Waals surface area contributed by atoms with Gasteiger partial charge in [0.1, 0.15) is 11.0 Å². The van der Waals surface area contributed by atoms with E-state index in [1.54, 1.807) is 12.1 Å². The second-order valence-electron chi connectivity index (χ2n) is 4.17. The fourth-order valence-corrected chi connectivity index (χ4v) is 2.19. The van der Waals surface area contributed by atoms with Crippen molar-refractivity contribution in [3.8, 4) is 0 Å². The molecule has 0 saturated carbocycles. The van der Waals surface area contributed by atoms with Gasteiger partial charge in [-0.25, -0.2) is 4.79 Å². The Morgan fingerprint density at radius 1 is 1.39 bits per heavy atom. The molecule has 5 heteroatoms. The minimum Gasteiger partial charge on any atom is -0.422 e. The summed E-state index contributed by atoms with van der Waals surface area (Å²) < 4.78 is 10.6. The molecule has 0 fully saturated rings. The predicted octanol–water partition coefficient (Wildman–Crippen LogP) is 3.46. The van der Waals surface area contributed by atoms with Gasteiger partial charge in [0.15, 0.2) is 5.58 Å². The van der Waals surface area contributed by atoms with Crippen molar-refractivity contribution in [3.63, 3.8) is 0 Å². The molecule has 1 aromatic carbocycles. The largest absolute Gasteiger partial charge is 0.422 e. The van der Waals surface area contributed by atoms with Crippen molar-refractivity contribution in [1.82, 2.24) is 5.16 Å². The highest BCUT2D eigenvalue weighted by Crippen LogP contribution is 2.29. The number of aromatic nitrogens is 1. The van der Waals surface area contributed by atoms with Crippen LogP contribution in [0.2, 0.25) is 5.02 Å². The normalized spacial score (nSPS) is 11.5. The van der Waals surface area contributed by atoms with E-state index >= 15 is 0 Å². The zero-order chi connectivity index (χ0) is 12.9. The molecule has 0 atom stereocenters. The molecular weight excluding hydrogens is 254 g/mol. The SMILES string of the molecule is CCc1noc2c1c(=O)oc1cc(C)c(Cl)cc12.